The maximum atomic E-state index is 4.88. The standard InChI is InChI=1S/C15H23N5/c1-18(2)12-6-8-20(10-12)14-4-3-13-15(17-14)16-11-5-7-19(13)9-11/h3-4,11-12H,5-10H2,1-2H3,(H,16,17)/t11-,12-/m0/s1. The molecule has 3 aliphatic rings. The zero-order valence-electron chi connectivity index (χ0n) is 12.3. The van der Waals surface area contributed by atoms with E-state index in [4.69, 9.17) is 4.98 Å². The Labute approximate surface area is 120 Å². The number of anilines is 3. The predicted molar refractivity (Wildman–Crippen MR) is 82.8 cm³/mol. The first-order chi connectivity index (χ1) is 9.70. The Kier molecular flexibility index (Phi) is 2.77. The van der Waals surface area contributed by atoms with E-state index in [2.05, 4.69) is 46.2 Å². The minimum absolute atomic E-state index is 0.596. The Morgan fingerprint density at radius 1 is 1.15 bits per heavy atom. The fourth-order valence-corrected chi connectivity index (χ4v) is 3.64. The summed E-state index contributed by atoms with van der Waals surface area (Å²) < 4.78 is 0. The summed E-state index contributed by atoms with van der Waals surface area (Å²) in [7, 11) is 4.34. The molecule has 5 heteroatoms. The Morgan fingerprint density at radius 2 is 2.00 bits per heavy atom. The summed E-state index contributed by atoms with van der Waals surface area (Å²) in [5.41, 5.74) is 1.28. The molecule has 20 heavy (non-hydrogen) atoms. The summed E-state index contributed by atoms with van der Waals surface area (Å²) in [5.74, 6) is 2.22. The average Bonchev–Trinajstić information content (AvgIpc) is 3.06. The number of fused-ring (bicyclic) bond motifs is 4. The fraction of sp³-hybridized carbons (Fsp3) is 0.667. The third-order valence-corrected chi connectivity index (χ3v) is 4.95. The number of pyridine rings is 1. The number of aromatic nitrogens is 1. The molecule has 2 saturated heterocycles. The molecule has 0 saturated carbocycles. The third-order valence-electron chi connectivity index (χ3n) is 4.95. The summed E-state index contributed by atoms with van der Waals surface area (Å²) >= 11 is 0. The van der Waals surface area contributed by atoms with Crippen LogP contribution in [0.1, 0.15) is 12.8 Å². The Bertz CT molecular complexity index is 515. The molecule has 2 atom stereocenters. The van der Waals surface area contributed by atoms with E-state index in [-0.39, 0.29) is 0 Å². The number of likely N-dealkylation sites (N-methyl/N-ethyl adjacent to an activating group) is 1. The molecule has 2 fully saturated rings. The molecule has 0 radical (unpaired) electrons. The summed E-state index contributed by atoms with van der Waals surface area (Å²) in [5, 5.41) is 3.60. The predicted octanol–water partition coefficient (Wildman–Crippen LogP) is 1.23. The van der Waals surface area contributed by atoms with Gasteiger partial charge in [-0.05, 0) is 39.1 Å². The van der Waals surface area contributed by atoms with Crippen LogP contribution in [0.2, 0.25) is 0 Å². The first-order valence-corrected chi connectivity index (χ1v) is 7.64. The lowest BCUT2D eigenvalue weighted by atomic mass is 10.2. The minimum atomic E-state index is 0.596. The van der Waals surface area contributed by atoms with Crippen molar-refractivity contribution in [3.63, 3.8) is 0 Å². The van der Waals surface area contributed by atoms with Gasteiger partial charge in [-0.25, -0.2) is 4.98 Å². The second-order valence-electron chi connectivity index (χ2n) is 6.47. The van der Waals surface area contributed by atoms with Gasteiger partial charge in [-0.1, -0.05) is 0 Å². The van der Waals surface area contributed by atoms with Gasteiger partial charge in [-0.15, -0.1) is 0 Å². The maximum absolute atomic E-state index is 4.88. The molecule has 4 rings (SSSR count). The van der Waals surface area contributed by atoms with E-state index >= 15 is 0 Å². The zero-order valence-corrected chi connectivity index (χ0v) is 12.3. The van der Waals surface area contributed by atoms with Crippen molar-refractivity contribution in [2.75, 3.05) is 55.4 Å². The lowest BCUT2D eigenvalue weighted by Gasteiger charge is -2.29. The van der Waals surface area contributed by atoms with E-state index in [1.807, 2.05) is 0 Å². The molecular weight excluding hydrogens is 250 g/mol. The smallest absolute Gasteiger partial charge is 0.152 e. The van der Waals surface area contributed by atoms with Gasteiger partial charge in [-0.3, -0.25) is 0 Å². The Hall–Kier alpha value is -1.49. The summed E-state index contributed by atoms with van der Waals surface area (Å²) in [6.45, 7) is 4.51. The molecule has 0 aromatic carbocycles. The van der Waals surface area contributed by atoms with Gasteiger partial charge >= 0.3 is 0 Å². The van der Waals surface area contributed by atoms with E-state index in [9.17, 15) is 0 Å². The molecule has 2 bridgehead atoms. The van der Waals surface area contributed by atoms with Gasteiger partial charge < -0.3 is 20.0 Å². The highest BCUT2D eigenvalue weighted by Crippen LogP contribution is 2.36. The molecule has 1 aromatic heterocycles. The number of nitrogens with one attached hydrogen (secondary N) is 1. The van der Waals surface area contributed by atoms with Gasteiger partial charge in [0.1, 0.15) is 5.82 Å². The lowest BCUT2D eigenvalue weighted by molar-refractivity contribution is 0.315. The molecule has 108 valence electrons. The van der Waals surface area contributed by atoms with Crippen molar-refractivity contribution < 1.29 is 0 Å². The molecule has 3 aliphatic heterocycles. The van der Waals surface area contributed by atoms with E-state index in [0.717, 1.165) is 37.8 Å². The van der Waals surface area contributed by atoms with Gasteiger partial charge in [-0.2, -0.15) is 0 Å². The molecule has 1 aromatic rings. The van der Waals surface area contributed by atoms with Crippen LogP contribution in [0.25, 0.3) is 0 Å². The molecule has 5 nitrogen and oxygen atoms in total. The van der Waals surface area contributed by atoms with Gasteiger partial charge in [0, 0.05) is 38.3 Å². The second kappa shape index (κ2) is 4.52. The number of hydrogen-bond donors (Lipinski definition) is 1. The van der Waals surface area contributed by atoms with Crippen molar-refractivity contribution in [1.29, 1.82) is 0 Å². The van der Waals surface area contributed by atoms with Crippen molar-refractivity contribution in [3.05, 3.63) is 12.1 Å². The Morgan fingerprint density at radius 3 is 2.80 bits per heavy atom. The van der Waals surface area contributed by atoms with Crippen LogP contribution in [0.4, 0.5) is 17.3 Å². The molecular formula is C15H23N5. The first-order valence-electron chi connectivity index (χ1n) is 7.64. The van der Waals surface area contributed by atoms with Crippen molar-refractivity contribution in [2.24, 2.45) is 0 Å². The van der Waals surface area contributed by atoms with Crippen molar-refractivity contribution in [2.45, 2.75) is 24.9 Å². The van der Waals surface area contributed by atoms with Crippen LogP contribution >= 0.6 is 0 Å². The van der Waals surface area contributed by atoms with Crippen LogP contribution in [0, 0.1) is 0 Å². The second-order valence-corrected chi connectivity index (χ2v) is 6.47. The first kappa shape index (κ1) is 12.3. The minimum Gasteiger partial charge on any atom is -0.366 e. The monoisotopic (exact) mass is 273 g/mol. The van der Waals surface area contributed by atoms with Crippen LogP contribution in [-0.4, -0.2) is 62.2 Å². The molecule has 0 spiro atoms. The van der Waals surface area contributed by atoms with Crippen molar-refractivity contribution in [3.8, 4) is 0 Å². The van der Waals surface area contributed by atoms with E-state index in [1.165, 1.54) is 18.5 Å². The number of rotatable bonds is 2. The van der Waals surface area contributed by atoms with Gasteiger partial charge in [0.05, 0.1) is 5.69 Å². The third kappa shape index (κ3) is 1.92. The highest BCUT2D eigenvalue weighted by Gasteiger charge is 2.32. The van der Waals surface area contributed by atoms with E-state index in [0.29, 0.717) is 12.1 Å². The highest BCUT2D eigenvalue weighted by atomic mass is 15.3. The topological polar surface area (TPSA) is 34.6 Å². The van der Waals surface area contributed by atoms with Crippen LogP contribution in [-0.2, 0) is 0 Å². The van der Waals surface area contributed by atoms with Crippen LogP contribution in [0.15, 0.2) is 12.1 Å². The van der Waals surface area contributed by atoms with Gasteiger partial charge in [0.15, 0.2) is 5.82 Å². The van der Waals surface area contributed by atoms with Gasteiger partial charge in [0.25, 0.3) is 0 Å². The summed E-state index contributed by atoms with van der Waals surface area (Å²) in [6.07, 6.45) is 2.46. The highest BCUT2D eigenvalue weighted by molar-refractivity contribution is 5.72. The maximum Gasteiger partial charge on any atom is 0.152 e. The Balaban J connectivity index is 1.58. The number of nitrogens with zero attached hydrogens (tertiary/aromatic N) is 4. The fourth-order valence-electron chi connectivity index (χ4n) is 3.64. The normalized spacial score (nSPS) is 27.9. The molecule has 0 aliphatic carbocycles. The van der Waals surface area contributed by atoms with Crippen LogP contribution < -0.4 is 15.1 Å². The molecule has 4 heterocycles. The van der Waals surface area contributed by atoms with Crippen molar-refractivity contribution in [1.82, 2.24) is 9.88 Å². The lowest BCUT2D eigenvalue weighted by Crippen LogP contribution is -2.34. The number of hydrogen-bond acceptors (Lipinski definition) is 5. The molecule has 0 amide bonds. The summed E-state index contributed by atoms with van der Waals surface area (Å²) in [4.78, 5) is 12.1. The SMILES string of the molecule is CN(C)[C@H]1CCN(c2ccc3c(n2)N[C@H]2CCN3C2)C1. The molecule has 0 unspecified atom stereocenters. The van der Waals surface area contributed by atoms with Crippen LogP contribution in [0.3, 0.4) is 0 Å². The van der Waals surface area contributed by atoms with Crippen LogP contribution in [0.5, 0.6) is 0 Å². The van der Waals surface area contributed by atoms with Crippen molar-refractivity contribution >= 4 is 17.3 Å². The van der Waals surface area contributed by atoms with Gasteiger partial charge in [0.2, 0.25) is 0 Å². The van der Waals surface area contributed by atoms with E-state index in [1.54, 1.807) is 0 Å². The van der Waals surface area contributed by atoms with E-state index < -0.39 is 0 Å². The zero-order chi connectivity index (χ0) is 13.7. The average molecular weight is 273 g/mol. The summed E-state index contributed by atoms with van der Waals surface area (Å²) in [6, 6.07) is 5.69. The molecule has 1 N–H and O–H groups in total. The quantitative estimate of drug-likeness (QED) is 0.876. The largest absolute Gasteiger partial charge is 0.366 e.